The molecule has 6 nitrogen and oxygen atoms in total. The summed E-state index contributed by atoms with van der Waals surface area (Å²) in [5.74, 6) is 1.51. The van der Waals surface area contributed by atoms with Crippen LogP contribution in [0.15, 0.2) is 35.3 Å². The lowest BCUT2D eigenvalue weighted by atomic mass is 10.1. The van der Waals surface area contributed by atoms with Crippen LogP contribution in [0, 0.1) is 5.92 Å². The third-order valence-corrected chi connectivity index (χ3v) is 5.67. The molecule has 2 atom stereocenters. The number of rotatable bonds is 11. The van der Waals surface area contributed by atoms with Gasteiger partial charge in [-0.1, -0.05) is 30.3 Å². The van der Waals surface area contributed by atoms with Gasteiger partial charge in [-0.25, -0.2) is 0 Å². The highest BCUT2D eigenvalue weighted by Crippen LogP contribution is 2.20. The fourth-order valence-electron chi connectivity index (χ4n) is 4.01. The fourth-order valence-corrected chi connectivity index (χ4v) is 4.01. The van der Waals surface area contributed by atoms with Crippen LogP contribution in [0.1, 0.15) is 38.2 Å². The van der Waals surface area contributed by atoms with Crippen molar-refractivity contribution in [1.82, 2.24) is 15.5 Å². The van der Waals surface area contributed by atoms with E-state index in [4.69, 9.17) is 14.5 Å². The summed E-state index contributed by atoms with van der Waals surface area (Å²) >= 11 is 0. The van der Waals surface area contributed by atoms with Gasteiger partial charge < -0.3 is 20.1 Å². The summed E-state index contributed by atoms with van der Waals surface area (Å²) in [6, 6.07) is 11.3. The molecule has 2 aliphatic rings. The molecule has 2 aliphatic heterocycles. The van der Waals surface area contributed by atoms with Gasteiger partial charge in [-0.05, 0) is 44.7 Å². The zero-order valence-electron chi connectivity index (χ0n) is 18.4. The van der Waals surface area contributed by atoms with Gasteiger partial charge in [-0.2, -0.15) is 0 Å². The maximum atomic E-state index is 5.78. The number of benzene rings is 1. The van der Waals surface area contributed by atoms with Gasteiger partial charge in [-0.3, -0.25) is 9.89 Å². The number of halogens is 1. The summed E-state index contributed by atoms with van der Waals surface area (Å²) < 4.78 is 11.2. The van der Waals surface area contributed by atoms with Crippen LogP contribution in [0.5, 0.6) is 0 Å². The van der Waals surface area contributed by atoms with Gasteiger partial charge in [0.2, 0.25) is 0 Å². The average Bonchev–Trinajstić information content (AvgIpc) is 3.41. The Kier molecular flexibility index (Phi) is 12.7. The molecule has 0 aromatic heterocycles. The Balaban J connectivity index is 0.00000320. The van der Waals surface area contributed by atoms with Crippen molar-refractivity contribution in [2.75, 3.05) is 52.6 Å². The zero-order chi connectivity index (χ0) is 20.2. The minimum Gasteiger partial charge on any atom is -0.381 e. The minimum absolute atomic E-state index is 0. The van der Waals surface area contributed by atoms with Crippen LogP contribution in [-0.4, -0.2) is 69.5 Å². The fraction of sp³-hybridized carbons (Fsp3) is 0.696. The second kappa shape index (κ2) is 15.0. The number of likely N-dealkylation sites (tertiary alicyclic amines) is 1. The monoisotopic (exact) mass is 530 g/mol. The summed E-state index contributed by atoms with van der Waals surface area (Å²) in [6.45, 7) is 10.3. The van der Waals surface area contributed by atoms with Crippen LogP contribution < -0.4 is 10.6 Å². The van der Waals surface area contributed by atoms with Crippen molar-refractivity contribution in [2.24, 2.45) is 10.9 Å². The highest BCUT2D eigenvalue weighted by atomic mass is 127. The maximum absolute atomic E-state index is 5.78. The SMILES string of the molecule is CCNC(=NCC1CCCN1Cc1ccccc1)NCCCOCC1CCOC1.I. The highest BCUT2D eigenvalue weighted by molar-refractivity contribution is 14.0. The van der Waals surface area contributed by atoms with Crippen molar-refractivity contribution in [3.63, 3.8) is 0 Å². The number of guanidine groups is 1. The molecule has 1 aromatic rings. The molecule has 0 radical (unpaired) electrons. The van der Waals surface area contributed by atoms with Crippen LogP contribution >= 0.6 is 24.0 Å². The van der Waals surface area contributed by atoms with E-state index in [0.717, 1.165) is 71.4 Å². The minimum atomic E-state index is 0. The molecule has 0 bridgehead atoms. The molecule has 30 heavy (non-hydrogen) atoms. The van der Waals surface area contributed by atoms with Gasteiger partial charge in [0.15, 0.2) is 5.96 Å². The normalized spacial score (nSPS) is 22.1. The summed E-state index contributed by atoms with van der Waals surface area (Å²) in [5, 5.41) is 6.82. The predicted molar refractivity (Wildman–Crippen MR) is 134 cm³/mol. The second-order valence-corrected chi connectivity index (χ2v) is 8.06. The number of hydrogen-bond donors (Lipinski definition) is 2. The molecule has 2 heterocycles. The van der Waals surface area contributed by atoms with Crippen molar-refractivity contribution >= 4 is 29.9 Å². The molecule has 0 aliphatic carbocycles. The van der Waals surface area contributed by atoms with Crippen LogP contribution in [0.4, 0.5) is 0 Å². The smallest absolute Gasteiger partial charge is 0.191 e. The van der Waals surface area contributed by atoms with Crippen LogP contribution in [0.25, 0.3) is 0 Å². The number of nitrogens with one attached hydrogen (secondary N) is 2. The van der Waals surface area contributed by atoms with E-state index in [9.17, 15) is 0 Å². The number of nitrogens with zero attached hydrogens (tertiary/aromatic N) is 2. The highest BCUT2D eigenvalue weighted by Gasteiger charge is 2.24. The van der Waals surface area contributed by atoms with Crippen LogP contribution in [-0.2, 0) is 16.0 Å². The molecule has 2 saturated heterocycles. The predicted octanol–water partition coefficient (Wildman–Crippen LogP) is 3.27. The van der Waals surface area contributed by atoms with Crippen molar-refractivity contribution in [3.8, 4) is 0 Å². The zero-order valence-corrected chi connectivity index (χ0v) is 20.7. The third-order valence-electron chi connectivity index (χ3n) is 5.67. The van der Waals surface area contributed by atoms with E-state index in [0.29, 0.717) is 12.0 Å². The van der Waals surface area contributed by atoms with E-state index in [1.807, 2.05) is 0 Å². The Morgan fingerprint density at radius 1 is 1.23 bits per heavy atom. The molecule has 2 N–H and O–H groups in total. The van der Waals surface area contributed by atoms with Gasteiger partial charge in [0, 0.05) is 44.8 Å². The Morgan fingerprint density at radius 3 is 2.87 bits per heavy atom. The second-order valence-electron chi connectivity index (χ2n) is 8.06. The molecule has 2 fully saturated rings. The van der Waals surface area contributed by atoms with Crippen molar-refractivity contribution < 1.29 is 9.47 Å². The van der Waals surface area contributed by atoms with Crippen LogP contribution in [0.3, 0.4) is 0 Å². The first-order chi connectivity index (χ1) is 14.3. The quantitative estimate of drug-likeness (QED) is 0.199. The number of hydrogen-bond acceptors (Lipinski definition) is 4. The van der Waals surface area contributed by atoms with E-state index in [1.165, 1.54) is 24.9 Å². The maximum Gasteiger partial charge on any atom is 0.191 e. The Labute approximate surface area is 199 Å². The number of ether oxygens (including phenoxy) is 2. The van der Waals surface area contributed by atoms with Gasteiger partial charge in [0.25, 0.3) is 0 Å². The molecule has 0 saturated carbocycles. The molecular weight excluding hydrogens is 491 g/mol. The van der Waals surface area contributed by atoms with Crippen LogP contribution in [0.2, 0.25) is 0 Å². The van der Waals surface area contributed by atoms with E-state index < -0.39 is 0 Å². The summed E-state index contributed by atoms with van der Waals surface area (Å²) in [5.41, 5.74) is 1.39. The van der Waals surface area contributed by atoms with E-state index >= 15 is 0 Å². The molecule has 3 rings (SSSR count). The lowest BCUT2D eigenvalue weighted by Gasteiger charge is -2.23. The first-order valence-corrected chi connectivity index (χ1v) is 11.3. The average molecular weight is 530 g/mol. The lowest BCUT2D eigenvalue weighted by Crippen LogP contribution is -2.39. The van der Waals surface area contributed by atoms with E-state index in [1.54, 1.807) is 0 Å². The molecule has 1 aromatic carbocycles. The van der Waals surface area contributed by atoms with Crippen molar-refractivity contribution in [2.45, 2.75) is 45.2 Å². The van der Waals surface area contributed by atoms with Crippen molar-refractivity contribution in [3.05, 3.63) is 35.9 Å². The van der Waals surface area contributed by atoms with Crippen molar-refractivity contribution in [1.29, 1.82) is 0 Å². The van der Waals surface area contributed by atoms with Gasteiger partial charge in [-0.15, -0.1) is 24.0 Å². The molecule has 0 amide bonds. The Bertz CT molecular complexity index is 596. The summed E-state index contributed by atoms with van der Waals surface area (Å²) in [7, 11) is 0. The Hall–Kier alpha value is -0.900. The third kappa shape index (κ3) is 9.08. The molecule has 0 spiro atoms. The first kappa shape index (κ1) is 25.4. The molecule has 7 heteroatoms. The summed E-state index contributed by atoms with van der Waals surface area (Å²) in [4.78, 5) is 7.44. The lowest BCUT2D eigenvalue weighted by molar-refractivity contribution is 0.0888. The molecule has 2 unspecified atom stereocenters. The Morgan fingerprint density at radius 2 is 2.10 bits per heavy atom. The van der Waals surface area contributed by atoms with Gasteiger partial charge in [0.1, 0.15) is 0 Å². The standard InChI is InChI=1S/C23H38N4O2.HI/c1-2-24-23(25-12-7-14-28-18-21-11-15-29-19-21)26-16-22-10-6-13-27(22)17-20-8-4-3-5-9-20;/h3-5,8-9,21-22H,2,6-7,10-19H2,1H3,(H2,24,25,26);1H. The van der Waals surface area contributed by atoms with E-state index in [-0.39, 0.29) is 24.0 Å². The number of aliphatic imine (C=N–C) groups is 1. The first-order valence-electron chi connectivity index (χ1n) is 11.3. The molecular formula is C23H39IN4O2. The largest absolute Gasteiger partial charge is 0.381 e. The topological polar surface area (TPSA) is 58.1 Å². The van der Waals surface area contributed by atoms with E-state index in [2.05, 4.69) is 52.8 Å². The molecule has 170 valence electrons. The summed E-state index contributed by atoms with van der Waals surface area (Å²) in [6.07, 6.45) is 4.62. The van der Waals surface area contributed by atoms with Gasteiger partial charge in [0.05, 0.1) is 19.8 Å². The van der Waals surface area contributed by atoms with Gasteiger partial charge >= 0.3 is 0 Å².